The first-order chi connectivity index (χ1) is 18.2. The van der Waals surface area contributed by atoms with Crippen molar-refractivity contribution in [3.63, 3.8) is 0 Å². The molecule has 3 heterocycles. The molecule has 2 aromatic heterocycles. The zero-order chi connectivity index (χ0) is 28.7. The number of aromatic nitrogens is 3. The van der Waals surface area contributed by atoms with Crippen LogP contribution in [0.25, 0.3) is 11.0 Å². The van der Waals surface area contributed by atoms with E-state index in [0.717, 1.165) is 4.68 Å². The minimum atomic E-state index is -4.87. The lowest BCUT2D eigenvalue weighted by atomic mass is 10.1. The van der Waals surface area contributed by atoms with Crippen molar-refractivity contribution in [3.8, 4) is 6.07 Å². The van der Waals surface area contributed by atoms with Crippen LogP contribution in [0.4, 0.5) is 10.1 Å². The number of nitriles is 1. The number of hydrogen-bond acceptors (Lipinski definition) is 10. The number of nitrogens with one attached hydrogen (secondary N) is 1. The number of pyridine rings is 1. The van der Waals surface area contributed by atoms with Crippen LogP contribution < -0.4 is 5.32 Å². The van der Waals surface area contributed by atoms with E-state index in [9.17, 15) is 33.9 Å². The molecule has 6 atom stereocenters. The van der Waals surface area contributed by atoms with E-state index in [4.69, 9.17) is 30.6 Å². The maximum Gasteiger partial charge on any atom is 0.340 e. The van der Waals surface area contributed by atoms with Gasteiger partial charge in [0, 0.05) is 6.04 Å². The average molecular weight is 606 g/mol. The minimum Gasteiger partial charge on any atom is -0.387 e. The Balaban J connectivity index is 1.62. The van der Waals surface area contributed by atoms with Gasteiger partial charge in [-0.2, -0.15) is 10.4 Å². The molecular formula is C21H23ClFN5O9P2. The predicted octanol–water partition coefficient (Wildman–Crippen LogP) is 2.22. The summed E-state index contributed by atoms with van der Waals surface area (Å²) in [6.45, 7) is 0.993. The summed E-state index contributed by atoms with van der Waals surface area (Å²) in [5, 5.41) is 38.2. The molecule has 0 saturated carbocycles. The van der Waals surface area contributed by atoms with Crippen molar-refractivity contribution in [1.82, 2.24) is 14.8 Å². The van der Waals surface area contributed by atoms with E-state index in [1.807, 2.05) is 6.07 Å². The number of ether oxygens (including phenoxy) is 1. The smallest absolute Gasteiger partial charge is 0.340 e. The third kappa shape index (κ3) is 6.48. The van der Waals surface area contributed by atoms with E-state index in [-0.39, 0.29) is 22.1 Å². The van der Waals surface area contributed by atoms with Crippen molar-refractivity contribution >= 4 is 43.5 Å². The molecule has 3 aromatic rings. The Hall–Kier alpha value is -2.47. The largest absolute Gasteiger partial charge is 0.387 e. The van der Waals surface area contributed by atoms with E-state index in [0.29, 0.717) is 10.9 Å². The van der Waals surface area contributed by atoms with Gasteiger partial charge in [0.25, 0.3) is 0 Å². The van der Waals surface area contributed by atoms with Crippen LogP contribution in [0, 0.1) is 17.1 Å². The number of nitrogens with zero attached hydrogens (tertiary/aromatic N) is 4. The summed E-state index contributed by atoms with van der Waals surface area (Å²) in [6, 6.07) is 7.28. The van der Waals surface area contributed by atoms with Gasteiger partial charge < -0.3 is 39.5 Å². The Morgan fingerprint density at radius 1 is 1.26 bits per heavy atom. The van der Waals surface area contributed by atoms with Crippen LogP contribution >= 0.6 is 26.8 Å². The van der Waals surface area contributed by atoms with Gasteiger partial charge in [-0.15, -0.1) is 0 Å². The molecule has 210 valence electrons. The fourth-order valence-electron chi connectivity index (χ4n) is 4.05. The Bertz CT molecular complexity index is 1510. The Morgan fingerprint density at radius 2 is 1.92 bits per heavy atom. The lowest BCUT2D eigenvalue weighted by Crippen LogP contribution is -2.33. The van der Waals surface area contributed by atoms with Crippen molar-refractivity contribution in [2.24, 2.45) is 0 Å². The van der Waals surface area contributed by atoms with E-state index in [2.05, 4.69) is 15.4 Å². The summed E-state index contributed by atoms with van der Waals surface area (Å²) in [6.07, 6.45) is -4.72. The summed E-state index contributed by atoms with van der Waals surface area (Å²) >= 11 is 6.28. The minimum absolute atomic E-state index is 0.000586. The van der Waals surface area contributed by atoms with Gasteiger partial charge in [-0.1, -0.05) is 23.7 Å². The zero-order valence-corrected chi connectivity index (χ0v) is 22.5. The van der Waals surface area contributed by atoms with Crippen molar-refractivity contribution in [3.05, 3.63) is 52.6 Å². The van der Waals surface area contributed by atoms with Gasteiger partial charge in [0.2, 0.25) is 0 Å². The van der Waals surface area contributed by atoms with Gasteiger partial charge in [-0.3, -0.25) is 9.13 Å². The Labute approximate surface area is 225 Å². The highest BCUT2D eigenvalue weighted by molar-refractivity contribution is 7.70. The molecule has 1 aliphatic rings. The van der Waals surface area contributed by atoms with E-state index >= 15 is 0 Å². The summed E-state index contributed by atoms with van der Waals surface area (Å²) in [5.41, 5.74) is 1.01. The summed E-state index contributed by atoms with van der Waals surface area (Å²) in [4.78, 5) is 31.7. The fraction of sp³-hybridized carbons (Fsp3) is 0.381. The van der Waals surface area contributed by atoms with Gasteiger partial charge in [0.1, 0.15) is 35.8 Å². The molecule has 4 rings (SSSR count). The number of anilines is 1. The lowest BCUT2D eigenvalue weighted by Gasteiger charge is -2.19. The highest BCUT2D eigenvalue weighted by Gasteiger charge is 2.46. The zero-order valence-electron chi connectivity index (χ0n) is 20.0. The van der Waals surface area contributed by atoms with E-state index in [1.165, 1.54) is 18.3 Å². The molecule has 1 fully saturated rings. The molecule has 14 nitrogen and oxygen atoms in total. The van der Waals surface area contributed by atoms with Crippen LogP contribution in [0.2, 0.25) is 5.15 Å². The maximum absolute atomic E-state index is 13.4. The Morgan fingerprint density at radius 3 is 2.54 bits per heavy atom. The molecular weight excluding hydrogens is 583 g/mol. The van der Waals surface area contributed by atoms with Crippen LogP contribution in [0.15, 0.2) is 30.5 Å². The number of benzene rings is 1. The normalized spacial score (nSPS) is 23.9. The number of fused-ring (bicyclic) bond motifs is 1. The van der Waals surface area contributed by atoms with Gasteiger partial charge in [0.15, 0.2) is 22.9 Å². The van der Waals surface area contributed by atoms with Crippen LogP contribution in [0.1, 0.15) is 30.3 Å². The molecule has 0 spiro atoms. The summed E-state index contributed by atoms with van der Waals surface area (Å²) in [7, 11) is -9.62. The van der Waals surface area contributed by atoms with Gasteiger partial charge in [-0.25, -0.2) is 14.1 Å². The van der Waals surface area contributed by atoms with E-state index < -0.39 is 64.1 Å². The molecule has 1 unspecified atom stereocenters. The SMILES string of the molecule is C[C@H](Nc1c(C#N)c(Cl)nc2c1cnn2[C@@H]1O[C@H](COP(=O)(O)CP(=O)(O)O)[C@@H](O)[C@H]1O)c1ccc(F)cc1. The highest BCUT2D eigenvalue weighted by atomic mass is 35.5. The molecule has 18 heteroatoms. The fourth-order valence-corrected chi connectivity index (χ4v) is 6.84. The molecule has 6 N–H and O–H groups in total. The van der Waals surface area contributed by atoms with Gasteiger partial charge in [-0.05, 0) is 24.6 Å². The highest BCUT2D eigenvalue weighted by Crippen LogP contribution is 2.55. The molecule has 0 aliphatic carbocycles. The number of rotatable bonds is 9. The lowest BCUT2D eigenvalue weighted by molar-refractivity contribution is -0.0541. The van der Waals surface area contributed by atoms with Crippen molar-refractivity contribution < 1.29 is 47.7 Å². The second kappa shape index (κ2) is 11.2. The standard InChI is InChI=1S/C21H23ClFN5O9P2/c1-10(11-2-4-12(23)5-3-11)26-16-13(6-24)19(22)27-20-14(16)7-25-28(20)21-18(30)17(29)15(37-21)8-36-39(34,35)9-38(31,32)33/h2-5,7,10,15,17-18,21,29-30H,8-9H2,1H3,(H,26,27)(H,34,35)(H2,31,32,33)/t10-,15+,17+,18+,21+/m0/s1. The van der Waals surface area contributed by atoms with Crippen LogP contribution in [0.5, 0.6) is 0 Å². The number of halogens is 2. The van der Waals surface area contributed by atoms with Crippen molar-refractivity contribution in [1.29, 1.82) is 5.26 Å². The molecule has 0 bridgehead atoms. The first kappa shape index (κ1) is 29.5. The monoisotopic (exact) mass is 605 g/mol. The molecule has 39 heavy (non-hydrogen) atoms. The Kier molecular flexibility index (Phi) is 8.47. The maximum atomic E-state index is 13.4. The predicted molar refractivity (Wildman–Crippen MR) is 134 cm³/mol. The average Bonchev–Trinajstić information content (AvgIpc) is 3.37. The van der Waals surface area contributed by atoms with Crippen molar-refractivity contribution in [2.45, 2.75) is 37.5 Å². The summed E-state index contributed by atoms with van der Waals surface area (Å²) in [5.74, 6) is -1.85. The first-order valence-electron chi connectivity index (χ1n) is 11.2. The van der Waals surface area contributed by atoms with Crippen molar-refractivity contribution in [2.75, 3.05) is 17.8 Å². The van der Waals surface area contributed by atoms with Crippen LogP contribution in [-0.4, -0.2) is 70.5 Å². The molecule has 0 amide bonds. The van der Waals surface area contributed by atoms with Crippen LogP contribution in [0.3, 0.4) is 0 Å². The third-order valence-corrected chi connectivity index (χ3v) is 9.65. The summed E-state index contributed by atoms with van der Waals surface area (Å²) < 4.78 is 47.8. The third-order valence-electron chi connectivity index (χ3n) is 5.92. The molecule has 0 radical (unpaired) electrons. The van der Waals surface area contributed by atoms with Gasteiger partial charge in [0.05, 0.1) is 23.9 Å². The molecule has 1 aromatic carbocycles. The molecule has 1 saturated heterocycles. The quantitative estimate of drug-likeness (QED) is 0.152. The molecule has 1 aliphatic heterocycles. The first-order valence-corrected chi connectivity index (χ1v) is 15.2. The topological polar surface area (TPSA) is 220 Å². The number of aliphatic hydroxyl groups excluding tert-OH is 2. The second-order valence-corrected chi connectivity index (χ2v) is 13.1. The second-order valence-electron chi connectivity index (χ2n) is 8.79. The van der Waals surface area contributed by atoms with Crippen LogP contribution in [-0.2, 0) is 18.4 Å². The number of aliphatic hydroxyl groups is 2. The number of hydrogen-bond donors (Lipinski definition) is 6. The van der Waals surface area contributed by atoms with Gasteiger partial charge >= 0.3 is 15.2 Å². The van der Waals surface area contributed by atoms with E-state index in [1.54, 1.807) is 19.1 Å².